The third kappa shape index (κ3) is 2.80. The highest BCUT2D eigenvalue weighted by Gasteiger charge is 2.32. The fraction of sp³-hybridized carbons (Fsp3) is 0.538. The summed E-state index contributed by atoms with van der Waals surface area (Å²) >= 11 is 0. The lowest BCUT2D eigenvalue weighted by atomic mass is 10.1. The van der Waals surface area contributed by atoms with Crippen LogP contribution < -0.4 is 5.73 Å². The van der Waals surface area contributed by atoms with Crippen molar-refractivity contribution >= 4 is 0 Å². The Balaban J connectivity index is 1.93. The zero-order chi connectivity index (χ0) is 10.7. The molecule has 2 rings (SSSR count). The Labute approximate surface area is 92.1 Å². The van der Waals surface area contributed by atoms with Crippen LogP contribution in [-0.2, 0) is 6.54 Å². The highest BCUT2D eigenvalue weighted by atomic mass is 15.1. The lowest BCUT2D eigenvalue weighted by molar-refractivity contribution is 0.215. The maximum Gasteiger partial charge on any atom is 0.0247 e. The Bertz CT molecular complexity index is 293. The van der Waals surface area contributed by atoms with Crippen LogP contribution in [0.25, 0.3) is 0 Å². The van der Waals surface area contributed by atoms with Crippen molar-refractivity contribution < 1.29 is 0 Å². The first kappa shape index (κ1) is 10.7. The maximum absolute atomic E-state index is 5.83. The molecule has 0 amide bonds. The van der Waals surface area contributed by atoms with Crippen LogP contribution >= 0.6 is 0 Å². The summed E-state index contributed by atoms with van der Waals surface area (Å²) < 4.78 is 0. The lowest BCUT2D eigenvalue weighted by Gasteiger charge is -2.26. The standard InChI is InChI=1S/C13H20N2/c1-15(13(9-14)12-7-8-12)10-11-5-3-2-4-6-11/h2-6,12-13H,7-10,14H2,1H3/t13-/m0/s1. The number of nitrogens with two attached hydrogens (primary N) is 1. The summed E-state index contributed by atoms with van der Waals surface area (Å²) in [6.45, 7) is 1.80. The van der Waals surface area contributed by atoms with Gasteiger partial charge < -0.3 is 5.73 Å². The second-order valence-electron chi connectivity index (χ2n) is 4.54. The minimum absolute atomic E-state index is 0.574. The molecule has 0 aliphatic heterocycles. The van der Waals surface area contributed by atoms with Crippen LogP contribution in [0.2, 0.25) is 0 Å². The molecule has 1 aliphatic carbocycles. The Morgan fingerprint density at radius 2 is 2.00 bits per heavy atom. The summed E-state index contributed by atoms with van der Waals surface area (Å²) in [5, 5.41) is 0. The summed E-state index contributed by atoms with van der Waals surface area (Å²) in [6, 6.07) is 11.2. The van der Waals surface area contributed by atoms with Gasteiger partial charge in [0.15, 0.2) is 0 Å². The first-order chi connectivity index (χ1) is 7.31. The van der Waals surface area contributed by atoms with E-state index in [9.17, 15) is 0 Å². The van der Waals surface area contributed by atoms with Crippen molar-refractivity contribution in [1.29, 1.82) is 0 Å². The third-order valence-electron chi connectivity index (χ3n) is 3.25. The summed E-state index contributed by atoms with van der Waals surface area (Å²) in [6.07, 6.45) is 2.72. The molecule has 15 heavy (non-hydrogen) atoms. The molecule has 1 fully saturated rings. The van der Waals surface area contributed by atoms with Crippen LogP contribution in [0.4, 0.5) is 0 Å². The Morgan fingerprint density at radius 3 is 2.53 bits per heavy atom. The Kier molecular flexibility index (Phi) is 3.39. The van der Waals surface area contributed by atoms with Crippen LogP contribution in [0, 0.1) is 5.92 Å². The van der Waals surface area contributed by atoms with E-state index in [1.54, 1.807) is 0 Å². The predicted molar refractivity (Wildman–Crippen MR) is 63.5 cm³/mol. The third-order valence-corrected chi connectivity index (χ3v) is 3.25. The molecule has 2 nitrogen and oxygen atoms in total. The largest absolute Gasteiger partial charge is 0.329 e. The van der Waals surface area contributed by atoms with Crippen molar-refractivity contribution in [2.75, 3.05) is 13.6 Å². The topological polar surface area (TPSA) is 29.3 Å². The minimum atomic E-state index is 0.574. The van der Waals surface area contributed by atoms with E-state index in [-0.39, 0.29) is 0 Å². The van der Waals surface area contributed by atoms with Crippen molar-refractivity contribution in [3.8, 4) is 0 Å². The van der Waals surface area contributed by atoms with Gasteiger partial charge in [0.25, 0.3) is 0 Å². The van der Waals surface area contributed by atoms with Gasteiger partial charge in [-0.25, -0.2) is 0 Å². The molecular weight excluding hydrogens is 184 g/mol. The van der Waals surface area contributed by atoms with Gasteiger partial charge in [0.1, 0.15) is 0 Å². The second-order valence-corrected chi connectivity index (χ2v) is 4.54. The van der Waals surface area contributed by atoms with Gasteiger partial charge in [-0.05, 0) is 31.4 Å². The zero-order valence-corrected chi connectivity index (χ0v) is 9.39. The smallest absolute Gasteiger partial charge is 0.0247 e. The molecular formula is C13H20N2. The number of likely N-dealkylation sites (N-methyl/N-ethyl adjacent to an activating group) is 1. The van der Waals surface area contributed by atoms with Crippen LogP contribution in [0.3, 0.4) is 0 Å². The number of benzene rings is 1. The second kappa shape index (κ2) is 4.77. The number of hydrogen-bond donors (Lipinski definition) is 1. The molecule has 1 aromatic rings. The minimum Gasteiger partial charge on any atom is -0.329 e. The van der Waals surface area contributed by atoms with Crippen molar-refractivity contribution in [2.45, 2.75) is 25.4 Å². The average molecular weight is 204 g/mol. The summed E-state index contributed by atoms with van der Waals surface area (Å²) in [7, 11) is 2.18. The highest BCUT2D eigenvalue weighted by molar-refractivity contribution is 5.14. The van der Waals surface area contributed by atoms with Crippen LogP contribution in [-0.4, -0.2) is 24.5 Å². The molecule has 82 valence electrons. The lowest BCUT2D eigenvalue weighted by Crippen LogP contribution is -2.39. The van der Waals surface area contributed by atoms with Gasteiger partial charge in [0, 0.05) is 19.1 Å². The summed E-state index contributed by atoms with van der Waals surface area (Å²) in [4.78, 5) is 2.40. The molecule has 0 aromatic heterocycles. The summed E-state index contributed by atoms with van der Waals surface area (Å²) in [5.74, 6) is 0.851. The van der Waals surface area contributed by atoms with Gasteiger partial charge in [0.2, 0.25) is 0 Å². The first-order valence-electron chi connectivity index (χ1n) is 5.75. The molecule has 1 aromatic carbocycles. The van der Waals surface area contributed by atoms with Gasteiger partial charge in [-0.1, -0.05) is 30.3 Å². The van der Waals surface area contributed by atoms with Gasteiger partial charge in [-0.3, -0.25) is 4.90 Å². The zero-order valence-electron chi connectivity index (χ0n) is 9.39. The fourth-order valence-electron chi connectivity index (χ4n) is 2.20. The van der Waals surface area contributed by atoms with Crippen molar-refractivity contribution in [2.24, 2.45) is 11.7 Å². The molecule has 1 atom stereocenters. The Morgan fingerprint density at radius 1 is 1.33 bits per heavy atom. The molecule has 1 saturated carbocycles. The van der Waals surface area contributed by atoms with E-state index in [0.717, 1.165) is 19.0 Å². The van der Waals surface area contributed by atoms with E-state index in [1.165, 1.54) is 18.4 Å². The van der Waals surface area contributed by atoms with Crippen molar-refractivity contribution in [3.63, 3.8) is 0 Å². The normalized spacial score (nSPS) is 18.1. The molecule has 2 heteroatoms. The SMILES string of the molecule is CN(Cc1ccccc1)[C@@H](CN)C1CC1. The van der Waals surface area contributed by atoms with Crippen LogP contribution in [0.15, 0.2) is 30.3 Å². The summed E-state index contributed by atoms with van der Waals surface area (Å²) in [5.41, 5.74) is 7.20. The van der Waals surface area contributed by atoms with E-state index < -0.39 is 0 Å². The van der Waals surface area contributed by atoms with Gasteiger partial charge in [0.05, 0.1) is 0 Å². The van der Waals surface area contributed by atoms with Crippen molar-refractivity contribution in [3.05, 3.63) is 35.9 Å². The van der Waals surface area contributed by atoms with E-state index in [2.05, 4.69) is 42.3 Å². The first-order valence-corrected chi connectivity index (χ1v) is 5.75. The molecule has 0 radical (unpaired) electrons. The number of hydrogen-bond acceptors (Lipinski definition) is 2. The molecule has 0 spiro atoms. The highest BCUT2D eigenvalue weighted by Crippen LogP contribution is 2.34. The van der Waals surface area contributed by atoms with E-state index in [4.69, 9.17) is 5.73 Å². The Hall–Kier alpha value is -0.860. The number of nitrogens with zero attached hydrogens (tertiary/aromatic N) is 1. The van der Waals surface area contributed by atoms with Crippen molar-refractivity contribution in [1.82, 2.24) is 4.90 Å². The quantitative estimate of drug-likeness (QED) is 0.793. The van der Waals surface area contributed by atoms with Gasteiger partial charge in [-0.2, -0.15) is 0 Å². The van der Waals surface area contributed by atoms with Crippen LogP contribution in [0.1, 0.15) is 18.4 Å². The number of rotatable bonds is 5. The molecule has 0 heterocycles. The monoisotopic (exact) mass is 204 g/mol. The fourth-order valence-corrected chi connectivity index (χ4v) is 2.20. The molecule has 1 aliphatic rings. The van der Waals surface area contributed by atoms with Crippen LogP contribution in [0.5, 0.6) is 0 Å². The maximum atomic E-state index is 5.83. The molecule has 2 N–H and O–H groups in total. The van der Waals surface area contributed by atoms with E-state index in [0.29, 0.717) is 6.04 Å². The molecule has 0 bridgehead atoms. The van der Waals surface area contributed by atoms with E-state index in [1.807, 2.05) is 0 Å². The van der Waals surface area contributed by atoms with Gasteiger partial charge in [-0.15, -0.1) is 0 Å². The van der Waals surface area contributed by atoms with Gasteiger partial charge >= 0.3 is 0 Å². The molecule has 0 saturated heterocycles. The molecule has 0 unspecified atom stereocenters. The van der Waals surface area contributed by atoms with E-state index >= 15 is 0 Å². The predicted octanol–water partition coefficient (Wildman–Crippen LogP) is 1.86. The average Bonchev–Trinajstić information content (AvgIpc) is 3.04.